The highest BCUT2D eigenvalue weighted by molar-refractivity contribution is 5.64. The van der Waals surface area contributed by atoms with Crippen LogP contribution < -0.4 is 10.6 Å². The normalized spacial score (nSPS) is 39.8. The maximum absolute atomic E-state index is 10.2. The van der Waals surface area contributed by atoms with Gasteiger partial charge in [0.25, 0.3) is 0 Å². The number of carboxylic acid groups (broad SMARTS) is 1. The van der Waals surface area contributed by atoms with E-state index in [9.17, 15) is 4.79 Å². The zero-order chi connectivity index (χ0) is 7.90. The van der Waals surface area contributed by atoms with E-state index in [2.05, 4.69) is 10.6 Å². The number of amides is 1. The van der Waals surface area contributed by atoms with E-state index in [-0.39, 0.29) is 0 Å². The summed E-state index contributed by atoms with van der Waals surface area (Å²) in [6, 6.07) is 0. The van der Waals surface area contributed by atoms with Crippen molar-refractivity contribution in [2.75, 3.05) is 19.6 Å². The molecule has 0 spiro atoms. The van der Waals surface area contributed by atoms with Crippen LogP contribution in [0.2, 0.25) is 0 Å². The number of hydrogen-bond acceptors (Lipinski definition) is 2. The molecule has 2 aliphatic rings. The minimum absolute atomic E-state index is 0.290. The van der Waals surface area contributed by atoms with Crippen LogP contribution in [-0.2, 0) is 0 Å². The minimum Gasteiger partial charge on any atom is -0.465 e. The molecule has 2 rings (SSSR count). The van der Waals surface area contributed by atoms with Crippen molar-refractivity contribution in [1.29, 1.82) is 0 Å². The summed E-state index contributed by atoms with van der Waals surface area (Å²) in [5.74, 6) is 0.731. The SMILES string of the molecule is O=C(O)NCC12CNCC1C2. The van der Waals surface area contributed by atoms with E-state index < -0.39 is 6.09 Å². The highest BCUT2D eigenvalue weighted by Gasteiger charge is 2.56. The van der Waals surface area contributed by atoms with Crippen molar-refractivity contribution < 1.29 is 9.90 Å². The van der Waals surface area contributed by atoms with Crippen molar-refractivity contribution in [3.63, 3.8) is 0 Å². The summed E-state index contributed by atoms with van der Waals surface area (Å²) >= 11 is 0. The van der Waals surface area contributed by atoms with Gasteiger partial charge < -0.3 is 15.7 Å². The minimum atomic E-state index is -0.906. The van der Waals surface area contributed by atoms with Crippen molar-refractivity contribution in [3.05, 3.63) is 0 Å². The van der Waals surface area contributed by atoms with Gasteiger partial charge in [0.1, 0.15) is 0 Å². The number of hydrogen-bond donors (Lipinski definition) is 3. The van der Waals surface area contributed by atoms with Gasteiger partial charge >= 0.3 is 6.09 Å². The lowest BCUT2D eigenvalue weighted by atomic mass is 10.1. The van der Waals surface area contributed by atoms with Crippen molar-refractivity contribution in [2.45, 2.75) is 6.42 Å². The first-order chi connectivity index (χ1) is 5.23. The quantitative estimate of drug-likeness (QED) is 0.521. The molecule has 1 heterocycles. The van der Waals surface area contributed by atoms with Crippen molar-refractivity contribution >= 4 is 6.09 Å². The van der Waals surface area contributed by atoms with E-state index in [1.165, 1.54) is 6.42 Å². The molecule has 2 fully saturated rings. The molecule has 4 heteroatoms. The number of fused-ring (bicyclic) bond motifs is 1. The Morgan fingerprint density at radius 1 is 1.82 bits per heavy atom. The fourth-order valence-corrected chi connectivity index (χ4v) is 1.96. The van der Waals surface area contributed by atoms with Gasteiger partial charge in [0.2, 0.25) is 0 Å². The predicted octanol–water partition coefficient (Wildman–Crippen LogP) is -0.137. The molecule has 2 atom stereocenters. The Labute approximate surface area is 65.0 Å². The second kappa shape index (κ2) is 2.11. The largest absolute Gasteiger partial charge is 0.465 e. The molecule has 1 amide bonds. The average Bonchev–Trinajstić information content (AvgIpc) is 2.52. The average molecular weight is 156 g/mol. The Hall–Kier alpha value is -0.770. The molecule has 0 radical (unpaired) electrons. The lowest BCUT2D eigenvalue weighted by Crippen LogP contribution is -2.31. The first kappa shape index (κ1) is 6.91. The highest BCUT2D eigenvalue weighted by Crippen LogP contribution is 2.54. The van der Waals surface area contributed by atoms with E-state index >= 15 is 0 Å². The molecule has 1 aliphatic heterocycles. The smallest absolute Gasteiger partial charge is 0.404 e. The lowest BCUT2D eigenvalue weighted by molar-refractivity contribution is 0.191. The van der Waals surface area contributed by atoms with Gasteiger partial charge in [-0.15, -0.1) is 0 Å². The maximum Gasteiger partial charge on any atom is 0.404 e. The molecule has 0 bridgehead atoms. The molecule has 1 saturated carbocycles. The lowest BCUT2D eigenvalue weighted by Gasteiger charge is -2.09. The van der Waals surface area contributed by atoms with Crippen LogP contribution in [0.3, 0.4) is 0 Å². The van der Waals surface area contributed by atoms with Gasteiger partial charge in [-0.3, -0.25) is 0 Å². The topological polar surface area (TPSA) is 61.4 Å². The summed E-state index contributed by atoms with van der Waals surface area (Å²) in [4.78, 5) is 10.2. The molecule has 2 unspecified atom stereocenters. The zero-order valence-corrected chi connectivity index (χ0v) is 6.26. The van der Waals surface area contributed by atoms with Gasteiger partial charge in [0, 0.05) is 18.5 Å². The Morgan fingerprint density at radius 2 is 2.64 bits per heavy atom. The Kier molecular flexibility index (Phi) is 1.32. The van der Waals surface area contributed by atoms with Crippen LogP contribution in [0.15, 0.2) is 0 Å². The fraction of sp³-hybridized carbons (Fsp3) is 0.857. The Morgan fingerprint density at radius 3 is 3.09 bits per heavy atom. The third kappa shape index (κ3) is 1.07. The fourth-order valence-electron chi connectivity index (χ4n) is 1.96. The molecule has 3 N–H and O–H groups in total. The predicted molar refractivity (Wildman–Crippen MR) is 39.4 cm³/mol. The molecule has 0 aromatic heterocycles. The zero-order valence-electron chi connectivity index (χ0n) is 6.26. The molecule has 1 aliphatic carbocycles. The number of nitrogens with one attached hydrogen (secondary N) is 2. The first-order valence-electron chi connectivity index (χ1n) is 3.90. The second-order valence-corrected chi connectivity index (χ2v) is 3.55. The van der Waals surface area contributed by atoms with E-state index in [0.717, 1.165) is 19.0 Å². The van der Waals surface area contributed by atoms with Gasteiger partial charge in [0.15, 0.2) is 0 Å². The maximum atomic E-state index is 10.2. The summed E-state index contributed by atoms with van der Waals surface area (Å²) in [7, 11) is 0. The Balaban J connectivity index is 1.83. The van der Waals surface area contributed by atoms with Crippen LogP contribution in [0.1, 0.15) is 6.42 Å². The van der Waals surface area contributed by atoms with Gasteiger partial charge in [-0.1, -0.05) is 0 Å². The van der Waals surface area contributed by atoms with Crippen molar-refractivity contribution in [1.82, 2.24) is 10.6 Å². The first-order valence-corrected chi connectivity index (χ1v) is 3.90. The van der Waals surface area contributed by atoms with Crippen LogP contribution in [0.25, 0.3) is 0 Å². The standard InChI is InChI=1S/C7H12N2O2/c10-6(11)9-4-7-1-5(7)2-8-3-7/h5,8-9H,1-4H2,(H,10,11). The number of carbonyl (C=O) groups is 1. The van der Waals surface area contributed by atoms with E-state index in [4.69, 9.17) is 5.11 Å². The monoisotopic (exact) mass is 156 g/mol. The van der Waals surface area contributed by atoms with Gasteiger partial charge in [-0.05, 0) is 18.9 Å². The highest BCUT2D eigenvalue weighted by atomic mass is 16.4. The third-order valence-corrected chi connectivity index (χ3v) is 2.82. The molecule has 0 aromatic carbocycles. The van der Waals surface area contributed by atoms with Gasteiger partial charge in [-0.2, -0.15) is 0 Å². The summed E-state index contributed by atoms with van der Waals surface area (Å²) in [6.45, 7) is 2.68. The summed E-state index contributed by atoms with van der Waals surface area (Å²) in [6.07, 6.45) is 0.289. The van der Waals surface area contributed by atoms with Crippen LogP contribution in [0, 0.1) is 11.3 Å². The molecule has 62 valence electrons. The molecular formula is C7H12N2O2. The second-order valence-electron chi connectivity index (χ2n) is 3.55. The van der Waals surface area contributed by atoms with Crippen LogP contribution in [-0.4, -0.2) is 30.8 Å². The van der Waals surface area contributed by atoms with E-state index in [0.29, 0.717) is 12.0 Å². The molecule has 0 aromatic rings. The summed E-state index contributed by atoms with van der Waals surface area (Å²) in [5, 5.41) is 14.1. The van der Waals surface area contributed by atoms with Crippen LogP contribution >= 0.6 is 0 Å². The Bertz CT molecular complexity index is 195. The van der Waals surface area contributed by atoms with Gasteiger partial charge in [0.05, 0.1) is 0 Å². The van der Waals surface area contributed by atoms with Crippen LogP contribution in [0.4, 0.5) is 4.79 Å². The van der Waals surface area contributed by atoms with Crippen molar-refractivity contribution in [3.8, 4) is 0 Å². The van der Waals surface area contributed by atoms with Crippen LogP contribution in [0.5, 0.6) is 0 Å². The molecule has 11 heavy (non-hydrogen) atoms. The van der Waals surface area contributed by atoms with E-state index in [1.54, 1.807) is 0 Å². The van der Waals surface area contributed by atoms with Crippen molar-refractivity contribution in [2.24, 2.45) is 11.3 Å². The third-order valence-electron chi connectivity index (χ3n) is 2.82. The van der Waals surface area contributed by atoms with Gasteiger partial charge in [-0.25, -0.2) is 4.79 Å². The summed E-state index contributed by atoms with van der Waals surface area (Å²) < 4.78 is 0. The molecular weight excluding hydrogens is 144 g/mol. The van der Waals surface area contributed by atoms with E-state index in [1.807, 2.05) is 0 Å². The molecule has 1 saturated heterocycles. The molecule has 4 nitrogen and oxygen atoms in total. The summed E-state index contributed by atoms with van der Waals surface area (Å²) in [5.41, 5.74) is 0.290. The number of piperidine rings is 1. The number of rotatable bonds is 2.